The average molecular weight is 200 g/mol. The zero-order valence-corrected chi connectivity index (χ0v) is 8.92. The van der Waals surface area contributed by atoms with Crippen LogP contribution in [0.25, 0.3) is 0 Å². The minimum Gasteiger partial charge on any atom is -0.483 e. The van der Waals surface area contributed by atoms with E-state index >= 15 is 0 Å². The van der Waals surface area contributed by atoms with Gasteiger partial charge in [-0.3, -0.25) is 0 Å². The van der Waals surface area contributed by atoms with Crippen molar-refractivity contribution in [2.75, 3.05) is 5.94 Å². The van der Waals surface area contributed by atoms with Gasteiger partial charge in [0.15, 0.2) is 0 Å². The summed E-state index contributed by atoms with van der Waals surface area (Å²) in [5, 5.41) is 8.70. The molecular formula is C10H16O2S. The molecular weight excluding hydrogens is 184 g/mol. The molecule has 0 unspecified atom stereocenters. The summed E-state index contributed by atoms with van der Waals surface area (Å²) in [5.74, 6) is 1.15. The van der Waals surface area contributed by atoms with Crippen molar-refractivity contribution in [3.63, 3.8) is 0 Å². The third kappa shape index (κ3) is 4.80. The van der Waals surface area contributed by atoms with Crippen LogP contribution in [0, 0.1) is 0 Å². The molecule has 0 spiro atoms. The summed E-state index contributed by atoms with van der Waals surface area (Å²) in [6.45, 7) is 4.07. The van der Waals surface area contributed by atoms with E-state index in [0.29, 0.717) is 5.94 Å². The van der Waals surface area contributed by atoms with Crippen molar-refractivity contribution >= 4 is 12.6 Å². The first kappa shape index (κ1) is 12.3. The lowest BCUT2D eigenvalue weighted by Crippen LogP contribution is -1.89. The lowest BCUT2D eigenvalue weighted by Gasteiger charge is -2.01. The number of hydrogen-bond acceptors (Lipinski definition) is 3. The van der Waals surface area contributed by atoms with E-state index in [1.807, 2.05) is 38.1 Å². The van der Waals surface area contributed by atoms with Gasteiger partial charge in [0, 0.05) is 0 Å². The monoisotopic (exact) mass is 200 g/mol. The Morgan fingerprint density at radius 3 is 2.15 bits per heavy atom. The van der Waals surface area contributed by atoms with Gasteiger partial charge in [0.1, 0.15) is 11.7 Å². The Morgan fingerprint density at radius 1 is 1.23 bits per heavy atom. The maximum Gasteiger partial charge on any atom is 0.131 e. The predicted molar refractivity (Wildman–Crippen MR) is 58.2 cm³/mol. The van der Waals surface area contributed by atoms with Gasteiger partial charge in [-0.1, -0.05) is 26.0 Å². The average Bonchev–Trinajstić information content (AvgIpc) is 2.23. The highest BCUT2D eigenvalue weighted by molar-refractivity contribution is 7.80. The van der Waals surface area contributed by atoms with Crippen LogP contribution in [-0.2, 0) is 6.61 Å². The van der Waals surface area contributed by atoms with Crippen LogP contribution in [0.15, 0.2) is 24.3 Å². The van der Waals surface area contributed by atoms with E-state index in [-0.39, 0.29) is 6.61 Å². The van der Waals surface area contributed by atoms with Gasteiger partial charge in [0.25, 0.3) is 0 Å². The van der Waals surface area contributed by atoms with E-state index in [9.17, 15) is 0 Å². The normalized spacial score (nSPS) is 8.62. The van der Waals surface area contributed by atoms with Gasteiger partial charge in [0.2, 0.25) is 0 Å². The van der Waals surface area contributed by atoms with Crippen LogP contribution in [0.2, 0.25) is 0 Å². The van der Waals surface area contributed by atoms with Crippen LogP contribution in [0.4, 0.5) is 0 Å². The molecule has 0 heterocycles. The molecule has 0 radical (unpaired) electrons. The fourth-order valence-electron chi connectivity index (χ4n) is 0.766. The second-order valence-corrected chi connectivity index (χ2v) is 2.33. The summed E-state index contributed by atoms with van der Waals surface area (Å²) < 4.78 is 5.09. The molecule has 1 rings (SSSR count). The molecule has 13 heavy (non-hydrogen) atoms. The summed E-state index contributed by atoms with van der Waals surface area (Å²) in [6, 6.07) is 7.25. The lowest BCUT2D eigenvalue weighted by molar-refractivity contribution is 0.281. The third-order valence-electron chi connectivity index (χ3n) is 1.34. The maximum atomic E-state index is 8.70. The van der Waals surface area contributed by atoms with Crippen LogP contribution >= 0.6 is 12.6 Å². The minimum absolute atomic E-state index is 0.0706. The van der Waals surface area contributed by atoms with Crippen molar-refractivity contribution in [2.24, 2.45) is 0 Å². The maximum absolute atomic E-state index is 8.70. The van der Waals surface area contributed by atoms with Gasteiger partial charge in [-0.15, -0.1) is 12.6 Å². The van der Waals surface area contributed by atoms with Crippen LogP contribution in [0.5, 0.6) is 5.75 Å². The van der Waals surface area contributed by atoms with Crippen molar-refractivity contribution in [2.45, 2.75) is 20.5 Å². The molecule has 2 nitrogen and oxygen atoms in total. The predicted octanol–water partition coefficient (Wildman–Crippen LogP) is 2.47. The molecule has 0 saturated heterocycles. The zero-order chi connectivity index (χ0) is 10.1. The number of rotatable bonds is 3. The second kappa shape index (κ2) is 7.95. The Morgan fingerprint density at radius 2 is 1.77 bits per heavy atom. The highest BCUT2D eigenvalue weighted by Gasteiger charge is 1.91. The first-order valence-corrected chi connectivity index (χ1v) is 4.93. The molecule has 0 aliphatic rings. The molecule has 0 aliphatic carbocycles. The number of hydrogen-bond donors (Lipinski definition) is 2. The van der Waals surface area contributed by atoms with Crippen LogP contribution in [0.3, 0.4) is 0 Å². The highest BCUT2D eigenvalue weighted by atomic mass is 32.1. The van der Waals surface area contributed by atoms with Crippen molar-refractivity contribution in [1.82, 2.24) is 0 Å². The largest absolute Gasteiger partial charge is 0.483 e. The Kier molecular flexibility index (Phi) is 7.54. The van der Waals surface area contributed by atoms with Gasteiger partial charge in [0.05, 0.1) is 6.61 Å². The number of thiol groups is 1. The minimum atomic E-state index is 0.0706. The SMILES string of the molecule is CC.OCc1ccc(OCS)cc1. The van der Waals surface area contributed by atoms with Crippen molar-refractivity contribution < 1.29 is 9.84 Å². The van der Waals surface area contributed by atoms with E-state index in [0.717, 1.165) is 11.3 Å². The van der Waals surface area contributed by atoms with Gasteiger partial charge in [-0.25, -0.2) is 0 Å². The summed E-state index contributed by atoms with van der Waals surface area (Å²) in [7, 11) is 0. The van der Waals surface area contributed by atoms with E-state index in [1.54, 1.807) is 0 Å². The lowest BCUT2D eigenvalue weighted by atomic mass is 10.2. The fourth-order valence-corrected chi connectivity index (χ4v) is 0.915. The quantitative estimate of drug-likeness (QED) is 0.580. The van der Waals surface area contributed by atoms with Gasteiger partial charge >= 0.3 is 0 Å². The Bertz CT molecular complexity index is 209. The Hall–Kier alpha value is -0.670. The third-order valence-corrected chi connectivity index (χ3v) is 1.47. The molecule has 1 N–H and O–H groups in total. The zero-order valence-electron chi connectivity index (χ0n) is 8.03. The molecule has 1 aromatic carbocycles. The van der Waals surface area contributed by atoms with E-state index in [4.69, 9.17) is 9.84 Å². The van der Waals surface area contributed by atoms with Gasteiger partial charge < -0.3 is 9.84 Å². The molecule has 0 fully saturated rings. The standard InChI is InChI=1S/C8H10O2S.C2H6/c9-5-7-1-3-8(4-2-7)10-6-11;1-2/h1-4,9,11H,5-6H2;1-2H3. The Labute approximate surface area is 85.0 Å². The molecule has 0 aliphatic heterocycles. The smallest absolute Gasteiger partial charge is 0.131 e. The molecule has 0 amide bonds. The van der Waals surface area contributed by atoms with E-state index in [1.165, 1.54) is 0 Å². The number of aliphatic hydroxyl groups is 1. The number of benzene rings is 1. The Balaban J connectivity index is 0.000000671. The first-order valence-electron chi connectivity index (χ1n) is 4.30. The molecule has 74 valence electrons. The van der Waals surface area contributed by atoms with Crippen LogP contribution in [-0.4, -0.2) is 11.0 Å². The number of aliphatic hydroxyl groups excluding tert-OH is 1. The van der Waals surface area contributed by atoms with Gasteiger partial charge in [-0.2, -0.15) is 0 Å². The van der Waals surface area contributed by atoms with Crippen molar-refractivity contribution in [3.05, 3.63) is 29.8 Å². The highest BCUT2D eigenvalue weighted by Crippen LogP contribution is 2.11. The molecule has 0 bridgehead atoms. The number of ether oxygens (including phenoxy) is 1. The molecule has 0 saturated carbocycles. The summed E-state index contributed by atoms with van der Waals surface area (Å²) >= 11 is 3.91. The van der Waals surface area contributed by atoms with Crippen molar-refractivity contribution in [3.8, 4) is 5.75 Å². The topological polar surface area (TPSA) is 29.5 Å². The van der Waals surface area contributed by atoms with Crippen molar-refractivity contribution in [1.29, 1.82) is 0 Å². The van der Waals surface area contributed by atoms with Crippen LogP contribution in [0.1, 0.15) is 19.4 Å². The van der Waals surface area contributed by atoms with E-state index < -0.39 is 0 Å². The fraction of sp³-hybridized carbons (Fsp3) is 0.400. The molecule has 1 aromatic rings. The van der Waals surface area contributed by atoms with E-state index in [2.05, 4.69) is 12.6 Å². The summed E-state index contributed by atoms with van der Waals surface area (Å²) in [6.07, 6.45) is 0. The summed E-state index contributed by atoms with van der Waals surface area (Å²) in [4.78, 5) is 0. The summed E-state index contributed by atoms with van der Waals surface area (Å²) in [5.41, 5.74) is 0.886. The first-order chi connectivity index (χ1) is 6.36. The van der Waals surface area contributed by atoms with Crippen LogP contribution < -0.4 is 4.74 Å². The second-order valence-electron chi connectivity index (χ2n) is 2.08. The van der Waals surface area contributed by atoms with Gasteiger partial charge in [-0.05, 0) is 17.7 Å². The molecule has 3 heteroatoms. The molecule has 0 atom stereocenters. The molecule has 0 aromatic heterocycles.